The number of ether oxygens (including phenoxy) is 1. The summed E-state index contributed by atoms with van der Waals surface area (Å²) in [6.45, 7) is 1.35. The van der Waals surface area contributed by atoms with Gasteiger partial charge in [0, 0.05) is 10.5 Å². The molecule has 0 aliphatic heterocycles. The van der Waals surface area contributed by atoms with Gasteiger partial charge in [0.2, 0.25) is 5.91 Å². The second-order valence-electron chi connectivity index (χ2n) is 2.98. The molecule has 0 saturated carbocycles. The molecule has 0 bridgehead atoms. The van der Waals surface area contributed by atoms with E-state index < -0.39 is 5.97 Å². The first kappa shape index (κ1) is 13.2. The molecule has 4 nitrogen and oxygen atoms in total. The molecule has 1 N–H and O–H groups in total. The second-order valence-corrected chi connectivity index (χ2v) is 4.55. The average Bonchev–Trinajstić information content (AvgIpc) is 2.21. The molecule has 0 radical (unpaired) electrons. The van der Waals surface area contributed by atoms with E-state index >= 15 is 0 Å². The zero-order valence-electron chi connectivity index (χ0n) is 8.64. The summed E-state index contributed by atoms with van der Waals surface area (Å²) in [5.41, 5.74) is 0.635. The Morgan fingerprint density at radius 2 is 2.06 bits per heavy atom. The Hall–Kier alpha value is -0.820. The van der Waals surface area contributed by atoms with E-state index in [2.05, 4.69) is 10.1 Å². The SMILES string of the molecule is COC(=O)c1cc(I)c(Cl)cc1NC(C)=O. The number of benzene rings is 1. The molecule has 1 rings (SSSR count). The second kappa shape index (κ2) is 5.49. The Morgan fingerprint density at radius 3 is 2.56 bits per heavy atom. The van der Waals surface area contributed by atoms with Gasteiger partial charge in [-0.3, -0.25) is 4.79 Å². The van der Waals surface area contributed by atoms with Crippen LogP contribution in [-0.2, 0) is 9.53 Å². The standard InChI is InChI=1S/C10H9ClINO3/c1-5(14)13-9-4-7(11)8(12)3-6(9)10(15)16-2/h3-4H,1-2H3,(H,13,14). The maximum Gasteiger partial charge on any atom is 0.340 e. The summed E-state index contributed by atoms with van der Waals surface area (Å²) in [6, 6.07) is 3.09. The van der Waals surface area contributed by atoms with Crippen LogP contribution in [0, 0.1) is 3.57 Å². The number of hydrogen-bond donors (Lipinski definition) is 1. The molecule has 1 aromatic rings. The van der Waals surface area contributed by atoms with Crippen LogP contribution < -0.4 is 5.32 Å². The highest BCUT2D eigenvalue weighted by Gasteiger charge is 2.15. The van der Waals surface area contributed by atoms with Gasteiger partial charge in [0.25, 0.3) is 0 Å². The van der Waals surface area contributed by atoms with E-state index in [1.54, 1.807) is 6.07 Å². The van der Waals surface area contributed by atoms with Gasteiger partial charge < -0.3 is 10.1 Å². The van der Waals surface area contributed by atoms with Crippen LogP contribution in [0.5, 0.6) is 0 Å². The van der Waals surface area contributed by atoms with Crippen LogP contribution >= 0.6 is 34.2 Å². The van der Waals surface area contributed by atoms with Gasteiger partial charge in [0.1, 0.15) is 0 Å². The van der Waals surface area contributed by atoms with Gasteiger partial charge in [-0.25, -0.2) is 4.79 Å². The first-order valence-corrected chi connectivity index (χ1v) is 5.76. The summed E-state index contributed by atoms with van der Waals surface area (Å²) in [7, 11) is 1.28. The molecule has 0 aliphatic rings. The van der Waals surface area contributed by atoms with Gasteiger partial charge in [-0.1, -0.05) is 11.6 Å². The number of carbonyl (C=O) groups excluding carboxylic acids is 2. The van der Waals surface area contributed by atoms with Crippen molar-refractivity contribution in [3.8, 4) is 0 Å². The minimum Gasteiger partial charge on any atom is -0.465 e. The van der Waals surface area contributed by atoms with E-state index in [1.165, 1.54) is 20.1 Å². The topological polar surface area (TPSA) is 55.4 Å². The normalized spacial score (nSPS) is 9.75. The number of carbonyl (C=O) groups is 2. The van der Waals surface area contributed by atoms with E-state index in [0.29, 0.717) is 14.3 Å². The van der Waals surface area contributed by atoms with Crippen molar-refractivity contribution in [2.45, 2.75) is 6.92 Å². The zero-order chi connectivity index (χ0) is 12.3. The smallest absolute Gasteiger partial charge is 0.340 e. The van der Waals surface area contributed by atoms with E-state index in [1.807, 2.05) is 22.6 Å². The van der Waals surface area contributed by atoms with Gasteiger partial charge in [-0.2, -0.15) is 0 Å². The third kappa shape index (κ3) is 3.08. The summed E-state index contributed by atoms with van der Waals surface area (Å²) >= 11 is 7.90. The lowest BCUT2D eigenvalue weighted by Gasteiger charge is -2.09. The number of anilines is 1. The molecule has 0 aromatic heterocycles. The fourth-order valence-electron chi connectivity index (χ4n) is 1.12. The van der Waals surface area contributed by atoms with Crippen LogP contribution in [0.2, 0.25) is 5.02 Å². The molecule has 0 unspecified atom stereocenters. The molecule has 0 heterocycles. The lowest BCUT2D eigenvalue weighted by molar-refractivity contribution is -0.114. The number of halogens is 2. The molecule has 0 fully saturated rings. The molecule has 0 saturated heterocycles. The van der Waals surface area contributed by atoms with E-state index in [-0.39, 0.29) is 11.5 Å². The minimum absolute atomic E-state index is 0.276. The quantitative estimate of drug-likeness (QED) is 0.657. The van der Waals surface area contributed by atoms with Gasteiger partial charge in [-0.05, 0) is 34.7 Å². The monoisotopic (exact) mass is 353 g/mol. The summed E-state index contributed by atoms with van der Waals surface area (Å²) < 4.78 is 5.33. The highest BCUT2D eigenvalue weighted by atomic mass is 127. The molecule has 0 aliphatic carbocycles. The number of hydrogen-bond acceptors (Lipinski definition) is 3. The van der Waals surface area contributed by atoms with E-state index in [4.69, 9.17) is 11.6 Å². The van der Waals surface area contributed by atoms with Crippen molar-refractivity contribution in [1.29, 1.82) is 0 Å². The minimum atomic E-state index is -0.515. The van der Waals surface area contributed by atoms with Crippen LogP contribution in [0.25, 0.3) is 0 Å². The molecule has 86 valence electrons. The maximum absolute atomic E-state index is 11.5. The Bertz CT molecular complexity index is 448. The number of nitrogens with one attached hydrogen (secondary N) is 1. The van der Waals surface area contributed by atoms with Crippen molar-refractivity contribution in [3.63, 3.8) is 0 Å². The fourth-order valence-corrected chi connectivity index (χ4v) is 1.75. The van der Waals surface area contributed by atoms with Gasteiger partial charge in [-0.15, -0.1) is 0 Å². The van der Waals surface area contributed by atoms with Crippen LogP contribution in [0.15, 0.2) is 12.1 Å². The van der Waals surface area contributed by atoms with Crippen LogP contribution in [0.3, 0.4) is 0 Å². The molecule has 6 heteroatoms. The lowest BCUT2D eigenvalue weighted by atomic mass is 10.2. The predicted octanol–water partition coefficient (Wildman–Crippen LogP) is 2.69. The van der Waals surface area contributed by atoms with Crippen LogP contribution in [0.4, 0.5) is 5.69 Å². The van der Waals surface area contributed by atoms with Crippen molar-refractivity contribution in [3.05, 3.63) is 26.3 Å². The summed E-state index contributed by atoms with van der Waals surface area (Å²) in [4.78, 5) is 22.4. The molecule has 1 aromatic carbocycles. The zero-order valence-corrected chi connectivity index (χ0v) is 11.5. The number of methoxy groups -OCH3 is 1. The lowest BCUT2D eigenvalue weighted by Crippen LogP contribution is -2.12. The Labute approximate surface area is 111 Å². The summed E-state index contributed by atoms with van der Waals surface area (Å²) in [5.74, 6) is -0.791. The fraction of sp³-hybridized carbons (Fsp3) is 0.200. The Kier molecular flexibility index (Phi) is 4.55. The van der Waals surface area contributed by atoms with E-state index in [9.17, 15) is 9.59 Å². The highest BCUT2D eigenvalue weighted by Crippen LogP contribution is 2.27. The molecular weight excluding hydrogens is 344 g/mol. The molecular formula is C10H9ClINO3. The van der Waals surface area contributed by atoms with Crippen LogP contribution in [-0.4, -0.2) is 19.0 Å². The van der Waals surface area contributed by atoms with Gasteiger partial charge in [0.05, 0.1) is 23.4 Å². The highest BCUT2D eigenvalue weighted by molar-refractivity contribution is 14.1. The van der Waals surface area contributed by atoms with Crippen LogP contribution in [0.1, 0.15) is 17.3 Å². The van der Waals surface area contributed by atoms with Crippen molar-refractivity contribution in [1.82, 2.24) is 0 Å². The van der Waals surface area contributed by atoms with Crippen molar-refractivity contribution < 1.29 is 14.3 Å². The average molecular weight is 354 g/mol. The summed E-state index contributed by atoms with van der Waals surface area (Å²) in [6.07, 6.45) is 0. The van der Waals surface area contributed by atoms with Gasteiger partial charge in [0.15, 0.2) is 0 Å². The van der Waals surface area contributed by atoms with Crippen molar-refractivity contribution in [2.24, 2.45) is 0 Å². The maximum atomic E-state index is 11.5. The number of rotatable bonds is 2. The molecule has 0 atom stereocenters. The van der Waals surface area contributed by atoms with Crippen molar-refractivity contribution in [2.75, 3.05) is 12.4 Å². The largest absolute Gasteiger partial charge is 0.465 e. The Balaban J connectivity index is 3.27. The van der Waals surface area contributed by atoms with E-state index in [0.717, 1.165) is 0 Å². The summed E-state index contributed by atoms with van der Waals surface area (Å²) in [5, 5.41) is 3.00. The predicted molar refractivity (Wildman–Crippen MR) is 69.8 cm³/mol. The Morgan fingerprint density at radius 1 is 1.44 bits per heavy atom. The third-order valence-electron chi connectivity index (χ3n) is 1.78. The van der Waals surface area contributed by atoms with Gasteiger partial charge >= 0.3 is 5.97 Å². The molecule has 1 amide bonds. The molecule has 0 spiro atoms. The number of esters is 1. The molecule has 16 heavy (non-hydrogen) atoms. The third-order valence-corrected chi connectivity index (χ3v) is 3.30. The number of amides is 1. The first-order chi connectivity index (χ1) is 7.45. The van der Waals surface area contributed by atoms with Crippen molar-refractivity contribution >= 4 is 51.8 Å². The first-order valence-electron chi connectivity index (χ1n) is 4.30.